The van der Waals surface area contributed by atoms with Crippen LogP contribution < -0.4 is 5.73 Å². The van der Waals surface area contributed by atoms with Gasteiger partial charge in [0.25, 0.3) is 0 Å². The summed E-state index contributed by atoms with van der Waals surface area (Å²) >= 11 is 2.08. The molecule has 2 N–H and O–H groups in total. The zero-order valence-corrected chi connectivity index (χ0v) is 10.0. The molecule has 2 nitrogen and oxygen atoms in total. The van der Waals surface area contributed by atoms with E-state index < -0.39 is 0 Å². The number of thioether (sulfide) groups is 1. The first kappa shape index (κ1) is 12.3. The lowest BCUT2D eigenvalue weighted by atomic mass is 10.2. The van der Waals surface area contributed by atoms with Gasteiger partial charge in [0.1, 0.15) is 0 Å². The smallest absolute Gasteiger partial charge is 0.0462 e. The van der Waals surface area contributed by atoms with E-state index in [1.165, 1.54) is 25.7 Å². The fraction of sp³-hybridized carbons (Fsp3) is 1.00. The highest BCUT2D eigenvalue weighted by Crippen LogP contribution is 2.29. The van der Waals surface area contributed by atoms with Gasteiger partial charge in [0.15, 0.2) is 0 Å². The first-order chi connectivity index (χ1) is 6.83. The molecule has 1 saturated carbocycles. The van der Waals surface area contributed by atoms with Crippen LogP contribution >= 0.6 is 11.8 Å². The molecular weight excluding hydrogens is 194 g/mol. The van der Waals surface area contributed by atoms with Crippen LogP contribution in [-0.4, -0.2) is 30.8 Å². The zero-order valence-electron chi connectivity index (χ0n) is 9.21. The summed E-state index contributed by atoms with van der Waals surface area (Å²) in [6, 6.07) is 0.371. The summed E-state index contributed by atoms with van der Waals surface area (Å²) < 4.78 is 5.01. The van der Waals surface area contributed by atoms with Gasteiger partial charge in [-0.25, -0.2) is 0 Å². The van der Waals surface area contributed by atoms with Crippen LogP contribution in [0.1, 0.15) is 38.5 Å². The van der Waals surface area contributed by atoms with Gasteiger partial charge in [-0.2, -0.15) is 11.8 Å². The van der Waals surface area contributed by atoms with Crippen LogP contribution in [0.15, 0.2) is 0 Å². The highest BCUT2D eigenvalue weighted by Gasteiger charge is 2.16. The molecule has 3 heteroatoms. The lowest BCUT2D eigenvalue weighted by Gasteiger charge is -2.14. The van der Waals surface area contributed by atoms with E-state index in [4.69, 9.17) is 10.5 Å². The molecule has 1 aliphatic carbocycles. The van der Waals surface area contributed by atoms with Crippen molar-refractivity contribution in [3.63, 3.8) is 0 Å². The molecule has 0 aliphatic heterocycles. The van der Waals surface area contributed by atoms with E-state index in [1.54, 1.807) is 7.11 Å². The molecule has 0 aromatic carbocycles. The monoisotopic (exact) mass is 217 g/mol. The van der Waals surface area contributed by atoms with E-state index >= 15 is 0 Å². The number of methoxy groups -OCH3 is 1. The Bertz CT molecular complexity index is 137. The molecule has 84 valence electrons. The van der Waals surface area contributed by atoms with E-state index in [1.807, 2.05) is 0 Å². The first-order valence-electron chi connectivity index (χ1n) is 5.69. The largest absolute Gasteiger partial charge is 0.385 e. The molecule has 14 heavy (non-hydrogen) atoms. The Kier molecular flexibility index (Phi) is 6.65. The molecule has 1 aliphatic rings. The van der Waals surface area contributed by atoms with Crippen molar-refractivity contribution in [2.24, 2.45) is 5.73 Å². The van der Waals surface area contributed by atoms with Crippen molar-refractivity contribution < 1.29 is 4.74 Å². The second-order valence-electron chi connectivity index (χ2n) is 4.13. The Morgan fingerprint density at radius 2 is 2.14 bits per heavy atom. The number of hydrogen-bond donors (Lipinski definition) is 1. The lowest BCUT2D eigenvalue weighted by Crippen LogP contribution is -2.24. The molecule has 0 heterocycles. The summed E-state index contributed by atoms with van der Waals surface area (Å²) in [4.78, 5) is 0. The van der Waals surface area contributed by atoms with Crippen molar-refractivity contribution in [3.05, 3.63) is 0 Å². The number of ether oxygens (including phenoxy) is 1. The highest BCUT2D eigenvalue weighted by molar-refractivity contribution is 7.99. The van der Waals surface area contributed by atoms with Crippen LogP contribution in [0.4, 0.5) is 0 Å². The van der Waals surface area contributed by atoms with Crippen molar-refractivity contribution in [2.75, 3.05) is 19.5 Å². The second kappa shape index (κ2) is 7.55. The number of hydrogen-bond acceptors (Lipinski definition) is 3. The van der Waals surface area contributed by atoms with Gasteiger partial charge in [0.2, 0.25) is 0 Å². The third-order valence-electron chi connectivity index (χ3n) is 2.77. The van der Waals surface area contributed by atoms with Crippen molar-refractivity contribution in [1.82, 2.24) is 0 Å². The van der Waals surface area contributed by atoms with Crippen molar-refractivity contribution >= 4 is 11.8 Å². The van der Waals surface area contributed by atoms with Gasteiger partial charge in [-0.05, 0) is 25.7 Å². The molecule has 0 spiro atoms. The van der Waals surface area contributed by atoms with E-state index in [-0.39, 0.29) is 0 Å². The van der Waals surface area contributed by atoms with Crippen molar-refractivity contribution in [1.29, 1.82) is 0 Å². The third-order valence-corrected chi connectivity index (χ3v) is 4.33. The molecule has 1 atom stereocenters. The molecule has 0 aromatic heterocycles. The maximum Gasteiger partial charge on any atom is 0.0462 e. The second-order valence-corrected chi connectivity index (χ2v) is 5.47. The molecular formula is C11H23NOS. The molecule has 0 amide bonds. The van der Waals surface area contributed by atoms with Crippen LogP contribution in [0.25, 0.3) is 0 Å². The summed E-state index contributed by atoms with van der Waals surface area (Å²) in [5, 5.41) is 0.906. The molecule has 0 aromatic rings. The van der Waals surface area contributed by atoms with Gasteiger partial charge in [0, 0.05) is 30.8 Å². The van der Waals surface area contributed by atoms with Gasteiger partial charge >= 0.3 is 0 Å². The molecule has 0 saturated heterocycles. The molecule has 0 bridgehead atoms. The van der Waals surface area contributed by atoms with Crippen LogP contribution in [0.3, 0.4) is 0 Å². The topological polar surface area (TPSA) is 35.2 Å². The summed E-state index contributed by atoms with van der Waals surface area (Å²) in [5.41, 5.74) is 6.02. The van der Waals surface area contributed by atoms with Gasteiger partial charge in [-0.3, -0.25) is 0 Å². The number of nitrogens with two attached hydrogens (primary N) is 1. The van der Waals surface area contributed by atoms with E-state index in [0.29, 0.717) is 6.04 Å². The van der Waals surface area contributed by atoms with E-state index in [0.717, 1.165) is 30.5 Å². The van der Waals surface area contributed by atoms with Crippen LogP contribution in [-0.2, 0) is 4.74 Å². The van der Waals surface area contributed by atoms with Crippen LogP contribution in [0.2, 0.25) is 0 Å². The Hall–Kier alpha value is 0.270. The minimum Gasteiger partial charge on any atom is -0.385 e. The van der Waals surface area contributed by atoms with Gasteiger partial charge in [0.05, 0.1) is 0 Å². The summed E-state index contributed by atoms with van der Waals surface area (Å²) in [6.45, 7) is 0.849. The lowest BCUT2D eigenvalue weighted by molar-refractivity contribution is 0.191. The Morgan fingerprint density at radius 3 is 2.79 bits per heavy atom. The van der Waals surface area contributed by atoms with E-state index in [9.17, 15) is 0 Å². The normalized spacial score (nSPS) is 20.1. The fourth-order valence-electron chi connectivity index (χ4n) is 1.89. The number of rotatable bonds is 7. The quantitative estimate of drug-likeness (QED) is 0.665. The Balaban J connectivity index is 1.93. The maximum atomic E-state index is 6.02. The standard InChI is InChI=1S/C11H23NOS/c1-13-8-4-5-10(12)9-14-11-6-2-3-7-11/h10-11H,2-9,12H2,1H3. The summed E-state index contributed by atoms with van der Waals surface area (Å²) in [6.07, 6.45) is 7.88. The molecule has 1 unspecified atom stereocenters. The molecule has 0 radical (unpaired) electrons. The fourth-order valence-corrected chi connectivity index (χ4v) is 3.24. The van der Waals surface area contributed by atoms with E-state index in [2.05, 4.69) is 11.8 Å². The SMILES string of the molecule is COCCCC(N)CSC1CCCC1. The van der Waals surface area contributed by atoms with Gasteiger partial charge in [-0.15, -0.1) is 0 Å². The highest BCUT2D eigenvalue weighted by atomic mass is 32.2. The first-order valence-corrected chi connectivity index (χ1v) is 6.74. The predicted octanol–water partition coefficient (Wildman–Crippen LogP) is 2.42. The molecule has 1 fully saturated rings. The minimum atomic E-state index is 0.371. The average molecular weight is 217 g/mol. The summed E-state index contributed by atoms with van der Waals surface area (Å²) in [7, 11) is 1.75. The van der Waals surface area contributed by atoms with Gasteiger partial charge < -0.3 is 10.5 Å². The minimum absolute atomic E-state index is 0.371. The predicted molar refractivity (Wildman–Crippen MR) is 63.8 cm³/mol. The average Bonchev–Trinajstić information content (AvgIpc) is 2.68. The van der Waals surface area contributed by atoms with Crippen molar-refractivity contribution in [2.45, 2.75) is 49.8 Å². The molecule has 1 rings (SSSR count). The third kappa shape index (κ3) is 5.23. The zero-order chi connectivity index (χ0) is 10.2. The van der Waals surface area contributed by atoms with Crippen molar-refractivity contribution in [3.8, 4) is 0 Å². The maximum absolute atomic E-state index is 6.02. The summed E-state index contributed by atoms with van der Waals surface area (Å²) in [5.74, 6) is 1.13. The van der Waals surface area contributed by atoms with Crippen LogP contribution in [0.5, 0.6) is 0 Å². The Morgan fingerprint density at radius 1 is 1.43 bits per heavy atom. The van der Waals surface area contributed by atoms with Gasteiger partial charge in [-0.1, -0.05) is 12.8 Å². The Labute approximate surface area is 92.0 Å². The van der Waals surface area contributed by atoms with Crippen LogP contribution in [0, 0.1) is 0 Å².